The number of thiocarbonyl (C=S) groups is 1. The average Bonchev–Trinajstić information content (AvgIpc) is 1.36. The van der Waals surface area contributed by atoms with Crippen molar-refractivity contribution in [3.8, 4) is 0 Å². The van der Waals surface area contributed by atoms with Gasteiger partial charge in [-0.2, -0.15) is 5.12 Å². The van der Waals surface area contributed by atoms with Crippen molar-refractivity contribution in [3.05, 3.63) is 0 Å². The molecule has 0 aromatic rings. The summed E-state index contributed by atoms with van der Waals surface area (Å²) < 4.78 is 11.2. The number of halogens is 1. The lowest BCUT2D eigenvalue weighted by atomic mass is 11.1. The van der Waals surface area contributed by atoms with Crippen molar-refractivity contribution in [3.63, 3.8) is 0 Å². The molecular weight excluding hydrogens is 105 g/mol. The quantitative estimate of drug-likeness (QED) is 0.333. The number of nitrogens with zero attached hydrogens (tertiary/aromatic N) is 1. The highest BCUT2D eigenvalue weighted by Gasteiger charge is 1.95. The summed E-state index contributed by atoms with van der Waals surface area (Å²) in [5.41, 5.74) is 0. The molecule has 0 spiro atoms. The predicted octanol–water partition coefficient (Wildman–Crippen LogP) is 0.518. The Bertz CT molecular complexity index is 64.6. The SMILES string of the molecule is CN(F)C([O])=S. The van der Waals surface area contributed by atoms with Gasteiger partial charge in [-0.3, -0.25) is 5.11 Å². The zero-order chi connectivity index (χ0) is 5.15. The van der Waals surface area contributed by atoms with Crippen LogP contribution < -0.4 is 0 Å². The molecule has 0 atom stereocenters. The summed E-state index contributed by atoms with van der Waals surface area (Å²) in [5, 5.41) is 8.36. The molecule has 0 aliphatic rings. The molecule has 0 unspecified atom stereocenters. The summed E-state index contributed by atoms with van der Waals surface area (Å²) >= 11 is 3.81. The second kappa shape index (κ2) is 1.92. The fraction of sp³-hybridized carbons (Fsp3) is 0.500. The Morgan fingerprint density at radius 1 is 2.00 bits per heavy atom. The van der Waals surface area contributed by atoms with Crippen LogP contribution in [0.25, 0.3) is 0 Å². The monoisotopic (exact) mass is 108 g/mol. The second-order valence-corrected chi connectivity index (χ2v) is 1.09. The van der Waals surface area contributed by atoms with Crippen LogP contribution in [-0.2, 0) is 5.11 Å². The highest BCUT2D eigenvalue weighted by molar-refractivity contribution is 7.79. The molecule has 0 amide bonds. The van der Waals surface area contributed by atoms with Crippen LogP contribution in [0.1, 0.15) is 0 Å². The van der Waals surface area contributed by atoms with E-state index in [2.05, 4.69) is 12.2 Å². The van der Waals surface area contributed by atoms with Crippen molar-refractivity contribution in [2.24, 2.45) is 0 Å². The Kier molecular flexibility index (Phi) is 1.80. The van der Waals surface area contributed by atoms with E-state index in [9.17, 15) is 9.59 Å². The molecule has 6 heavy (non-hydrogen) atoms. The van der Waals surface area contributed by atoms with Crippen LogP contribution in [0, 0.1) is 0 Å². The molecular formula is C2H3FNOS. The Morgan fingerprint density at radius 3 is 2.17 bits per heavy atom. The third kappa shape index (κ3) is 1.90. The molecule has 2 nitrogen and oxygen atoms in total. The molecule has 0 aromatic carbocycles. The Labute approximate surface area is 40.1 Å². The Hall–Kier alpha value is -0.380. The predicted molar refractivity (Wildman–Crippen MR) is 22.2 cm³/mol. The summed E-state index contributed by atoms with van der Waals surface area (Å²) in [7, 11) is 0.954. The lowest BCUT2D eigenvalue weighted by Gasteiger charge is -1.93. The van der Waals surface area contributed by atoms with E-state index in [4.69, 9.17) is 0 Å². The highest BCUT2D eigenvalue weighted by Crippen LogP contribution is 1.80. The van der Waals surface area contributed by atoms with Gasteiger partial charge in [-0.05, 0) is 12.2 Å². The van der Waals surface area contributed by atoms with E-state index in [1.54, 1.807) is 0 Å². The van der Waals surface area contributed by atoms with Crippen molar-refractivity contribution >= 4 is 17.4 Å². The van der Waals surface area contributed by atoms with Gasteiger partial charge in [-0.1, -0.05) is 4.48 Å². The van der Waals surface area contributed by atoms with Gasteiger partial charge >= 0.3 is 5.17 Å². The van der Waals surface area contributed by atoms with E-state index in [1.807, 2.05) is 0 Å². The van der Waals surface area contributed by atoms with Crippen LogP contribution in [0.3, 0.4) is 0 Å². The minimum Gasteiger partial charge on any atom is -0.254 e. The van der Waals surface area contributed by atoms with Gasteiger partial charge in [0.15, 0.2) is 0 Å². The largest absolute Gasteiger partial charge is 0.340 e. The maximum atomic E-state index is 11.2. The molecule has 0 aromatic heterocycles. The van der Waals surface area contributed by atoms with Gasteiger partial charge < -0.3 is 0 Å². The molecule has 0 rings (SSSR count). The summed E-state index contributed by atoms with van der Waals surface area (Å²) in [5.74, 6) is 0. The summed E-state index contributed by atoms with van der Waals surface area (Å²) in [6.07, 6.45) is 0. The van der Waals surface area contributed by atoms with Gasteiger partial charge in [0.05, 0.1) is 0 Å². The van der Waals surface area contributed by atoms with Gasteiger partial charge in [0, 0.05) is 7.05 Å². The first-order valence-corrected chi connectivity index (χ1v) is 1.66. The third-order valence-corrected chi connectivity index (χ3v) is 0.503. The summed E-state index contributed by atoms with van der Waals surface area (Å²) in [4.78, 5) is 0. The molecule has 1 radical (unpaired) electrons. The van der Waals surface area contributed by atoms with E-state index in [0.717, 1.165) is 7.05 Å². The smallest absolute Gasteiger partial charge is 0.254 e. The third-order valence-electron chi connectivity index (χ3n) is 0.252. The lowest BCUT2D eigenvalue weighted by Crippen LogP contribution is -2.11. The fourth-order valence-electron chi connectivity index (χ4n) is 0. The van der Waals surface area contributed by atoms with Crippen LogP contribution in [0.4, 0.5) is 4.48 Å². The van der Waals surface area contributed by atoms with Crippen LogP contribution >= 0.6 is 12.2 Å². The van der Waals surface area contributed by atoms with Crippen molar-refractivity contribution in [2.75, 3.05) is 7.05 Å². The first-order valence-electron chi connectivity index (χ1n) is 1.25. The molecule has 0 bridgehead atoms. The van der Waals surface area contributed by atoms with Crippen molar-refractivity contribution in [1.82, 2.24) is 5.12 Å². The van der Waals surface area contributed by atoms with E-state index < -0.39 is 5.17 Å². The normalized spacial score (nSPS) is 7.67. The van der Waals surface area contributed by atoms with Crippen molar-refractivity contribution < 1.29 is 9.59 Å². The van der Waals surface area contributed by atoms with E-state index in [1.165, 1.54) is 0 Å². The van der Waals surface area contributed by atoms with Gasteiger partial charge in [-0.25, -0.2) is 0 Å². The second-order valence-electron chi connectivity index (χ2n) is 0.743. The molecule has 0 aliphatic heterocycles. The van der Waals surface area contributed by atoms with Gasteiger partial charge in [0.2, 0.25) is 0 Å². The Morgan fingerprint density at radius 2 is 2.17 bits per heavy atom. The highest BCUT2D eigenvalue weighted by atomic mass is 32.1. The lowest BCUT2D eigenvalue weighted by molar-refractivity contribution is 0.120. The molecule has 0 aliphatic carbocycles. The average molecular weight is 108 g/mol. The van der Waals surface area contributed by atoms with Crippen LogP contribution in [0.15, 0.2) is 0 Å². The minimum absolute atomic E-state index is 0.157. The fourth-order valence-corrected chi connectivity index (χ4v) is 0. The number of rotatable bonds is 0. The van der Waals surface area contributed by atoms with Gasteiger partial charge in [-0.15, -0.1) is 0 Å². The maximum absolute atomic E-state index is 11.2. The number of hydrogen-bond acceptors (Lipinski definition) is 1. The van der Waals surface area contributed by atoms with Crippen molar-refractivity contribution in [1.29, 1.82) is 0 Å². The summed E-state index contributed by atoms with van der Waals surface area (Å²) in [6, 6.07) is 0. The molecule has 0 saturated carbocycles. The molecule has 0 fully saturated rings. The number of hydrogen-bond donors (Lipinski definition) is 0. The minimum atomic E-state index is -0.991. The zero-order valence-corrected chi connectivity index (χ0v) is 3.96. The first kappa shape index (κ1) is 5.62. The van der Waals surface area contributed by atoms with Crippen LogP contribution in [-0.4, -0.2) is 17.3 Å². The van der Waals surface area contributed by atoms with Gasteiger partial charge in [0.1, 0.15) is 0 Å². The standard InChI is InChI=1S/C2H3FNOS/c1-4(3)2(5)6/h1H3. The van der Waals surface area contributed by atoms with Crippen LogP contribution in [0.2, 0.25) is 0 Å². The first-order chi connectivity index (χ1) is 2.64. The zero-order valence-electron chi connectivity index (χ0n) is 3.14. The van der Waals surface area contributed by atoms with Crippen molar-refractivity contribution in [2.45, 2.75) is 0 Å². The van der Waals surface area contributed by atoms with Crippen LogP contribution in [0.5, 0.6) is 0 Å². The Balaban J connectivity index is 3.26. The molecule has 4 heteroatoms. The molecule has 35 valence electrons. The van der Waals surface area contributed by atoms with E-state index in [0.29, 0.717) is 0 Å². The maximum Gasteiger partial charge on any atom is 0.340 e. The topological polar surface area (TPSA) is 23.1 Å². The molecule has 0 heterocycles. The van der Waals surface area contributed by atoms with E-state index >= 15 is 0 Å². The van der Waals surface area contributed by atoms with E-state index in [-0.39, 0.29) is 5.12 Å². The van der Waals surface area contributed by atoms with Gasteiger partial charge in [0.25, 0.3) is 0 Å². The molecule has 0 saturated heterocycles. The summed E-state index contributed by atoms with van der Waals surface area (Å²) in [6.45, 7) is 0. The molecule has 0 N–H and O–H groups in total.